The topological polar surface area (TPSA) is 46.4 Å². The van der Waals surface area contributed by atoms with Crippen molar-refractivity contribution >= 4 is 35.3 Å². The van der Waals surface area contributed by atoms with Gasteiger partial charge in [0.15, 0.2) is 0 Å². The van der Waals surface area contributed by atoms with Gasteiger partial charge < -0.3 is 0 Å². The van der Waals surface area contributed by atoms with E-state index in [4.69, 9.17) is 0 Å². The first-order valence-electron chi connectivity index (χ1n) is 7.23. The smallest absolute Gasteiger partial charge is 0.258 e. The van der Waals surface area contributed by atoms with Crippen molar-refractivity contribution < 1.29 is 4.92 Å². The highest BCUT2D eigenvalue weighted by Crippen LogP contribution is 2.39. The minimum absolute atomic E-state index is 0.0909. The Morgan fingerprint density at radius 3 is 1.58 bits per heavy atom. The first kappa shape index (κ1) is 16.4. The van der Waals surface area contributed by atoms with Gasteiger partial charge in [0, 0.05) is 21.9 Å². The van der Waals surface area contributed by atoms with E-state index < -0.39 is 0 Å². The van der Waals surface area contributed by atoms with E-state index >= 15 is 0 Å². The Labute approximate surface area is 148 Å². The second kappa shape index (κ2) is 7.90. The molecule has 3 aromatic carbocycles. The van der Waals surface area contributed by atoms with Crippen LogP contribution in [0.1, 0.15) is 0 Å². The zero-order valence-electron chi connectivity index (χ0n) is 12.6. The van der Waals surface area contributed by atoms with Gasteiger partial charge in [-0.25, -0.2) is 3.71 Å². The molecule has 0 saturated heterocycles. The molecule has 0 atom stereocenters. The molecule has 120 valence electrons. The number of nitro groups is 1. The Hall–Kier alpha value is -2.44. The first-order valence-corrected chi connectivity index (χ1v) is 8.78. The van der Waals surface area contributed by atoms with Gasteiger partial charge in [0.2, 0.25) is 0 Å². The molecule has 0 unspecified atom stereocenters. The van der Waals surface area contributed by atoms with Gasteiger partial charge in [0.05, 0.1) is 10.6 Å². The molecule has 0 aliphatic heterocycles. The predicted octanol–water partition coefficient (Wildman–Crippen LogP) is 5.82. The van der Waals surface area contributed by atoms with Crippen LogP contribution in [-0.4, -0.2) is 4.92 Å². The fourth-order valence-corrected chi connectivity index (χ4v) is 4.03. The molecule has 0 aliphatic rings. The van der Waals surface area contributed by atoms with Crippen molar-refractivity contribution in [1.29, 1.82) is 0 Å². The highest BCUT2D eigenvalue weighted by atomic mass is 32.2. The van der Waals surface area contributed by atoms with Crippen molar-refractivity contribution in [2.24, 2.45) is 0 Å². The van der Waals surface area contributed by atoms with E-state index in [9.17, 15) is 10.1 Å². The minimum atomic E-state index is -0.386. The van der Waals surface area contributed by atoms with Gasteiger partial charge in [-0.2, -0.15) is 0 Å². The molecule has 0 aliphatic carbocycles. The number of nitrogens with zero attached hydrogens (tertiary/aromatic N) is 2. The zero-order valence-corrected chi connectivity index (χ0v) is 14.2. The molecule has 3 rings (SSSR count). The maximum atomic E-state index is 10.8. The van der Waals surface area contributed by atoms with Crippen molar-refractivity contribution in [2.75, 3.05) is 3.71 Å². The van der Waals surface area contributed by atoms with E-state index in [2.05, 4.69) is 0 Å². The molecular formula is C18H14N2O2S2. The third-order valence-electron chi connectivity index (χ3n) is 3.13. The molecule has 0 heterocycles. The zero-order chi connectivity index (χ0) is 16.8. The third-order valence-corrected chi connectivity index (χ3v) is 5.30. The van der Waals surface area contributed by atoms with Gasteiger partial charge in [-0.15, -0.1) is 0 Å². The molecule has 0 aromatic heterocycles. The van der Waals surface area contributed by atoms with Crippen LogP contribution in [0.4, 0.5) is 11.4 Å². The quantitative estimate of drug-likeness (QED) is 0.317. The molecule has 0 N–H and O–H groups in total. The van der Waals surface area contributed by atoms with Crippen LogP contribution < -0.4 is 3.71 Å². The van der Waals surface area contributed by atoms with Gasteiger partial charge in [-0.05, 0) is 60.3 Å². The average molecular weight is 354 g/mol. The molecule has 0 fully saturated rings. The summed E-state index contributed by atoms with van der Waals surface area (Å²) in [6.45, 7) is 0. The summed E-state index contributed by atoms with van der Waals surface area (Å²) in [4.78, 5) is 12.7. The lowest BCUT2D eigenvalue weighted by Gasteiger charge is -2.21. The number of benzene rings is 3. The summed E-state index contributed by atoms with van der Waals surface area (Å²) in [6.07, 6.45) is 0. The van der Waals surface area contributed by atoms with E-state index in [1.165, 1.54) is 12.1 Å². The number of non-ortho nitro benzene ring substituents is 1. The summed E-state index contributed by atoms with van der Waals surface area (Å²) < 4.78 is 2.05. The standard InChI is InChI=1S/C18H14N2O2S2/c21-19(22)15-11-13-16(14-12-15)20(23-17-7-3-1-4-8-17)24-18-9-5-2-6-10-18/h1-14H. The number of hydrogen-bond donors (Lipinski definition) is 0. The summed E-state index contributed by atoms with van der Waals surface area (Å²) in [5.74, 6) is 0. The molecule has 0 spiro atoms. The Bertz CT molecular complexity index is 755. The molecule has 0 saturated carbocycles. The van der Waals surface area contributed by atoms with Crippen molar-refractivity contribution in [1.82, 2.24) is 0 Å². The summed E-state index contributed by atoms with van der Waals surface area (Å²) in [5, 5.41) is 10.8. The second-order valence-corrected chi connectivity index (χ2v) is 7.11. The third kappa shape index (κ3) is 4.31. The van der Waals surface area contributed by atoms with Crippen molar-refractivity contribution in [3.63, 3.8) is 0 Å². The molecule has 0 radical (unpaired) electrons. The summed E-state index contributed by atoms with van der Waals surface area (Å²) in [5.41, 5.74) is 0.983. The van der Waals surface area contributed by atoms with Gasteiger partial charge in [0.1, 0.15) is 0 Å². The van der Waals surface area contributed by atoms with Gasteiger partial charge >= 0.3 is 0 Å². The van der Waals surface area contributed by atoms with Gasteiger partial charge in [-0.3, -0.25) is 10.1 Å². The Kier molecular flexibility index (Phi) is 5.40. The van der Waals surface area contributed by atoms with Crippen LogP contribution in [-0.2, 0) is 0 Å². The molecule has 24 heavy (non-hydrogen) atoms. The lowest BCUT2D eigenvalue weighted by Crippen LogP contribution is -2.03. The van der Waals surface area contributed by atoms with Crippen LogP contribution in [0.3, 0.4) is 0 Å². The Morgan fingerprint density at radius 2 is 1.17 bits per heavy atom. The SMILES string of the molecule is O=[N+]([O-])c1ccc(N(Sc2ccccc2)Sc2ccccc2)cc1. The van der Waals surface area contributed by atoms with E-state index in [0.29, 0.717) is 0 Å². The second-order valence-electron chi connectivity index (χ2n) is 4.84. The fraction of sp³-hybridized carbons (Fsp3) is 0. The monoisotopic (exact) mass is 354 g/mol. The molecular weight excluding hydrogens is 340 g/mol. The summed E-state index contributed by atoms with van der Waals surface area (Å²) in [6, 6.07) is 26.6. The van der Waals surface area contributed by atoms with Crippen LogP contribution in [0.25, 0.3) is 0 Å². The van der Waals surface area contributed by atoms with Gasteiger partial charge in [-0.1, -0.05) is 36.4 Å². The molecule has 6 heteroatoms. The minimum Gasteiger partial charge on any atom is -0.258 e. The maximum absolute atomic E-state index is 10.8. The van der Waals surface area contributed by atoms with E-state index in [1.807, 2.05) is 64.4 Å². The van der Waals surface area contributed by atoms with Crippen LogP contribution in [0.5, 0.6) is 0 Å². The average Bonchev–Trinajstić information content (AvgIpc) is 2.63. The van der Waals surface area contributed by atoms with Gasteiger partial charge in [0.25, 0.3) is 5.69 Å². The van der Waals surface area contributed by atoms with Crippen molar-refractivity contribution in [3.8, 4) is 0 Å². The van der Waals surface area contributed by atoms with Crippen LogP contribution >= 0.6 is 23.9 Å². The molecule has 0 amide bonds. The van der Waals surface area contributed by atoms with Crippen LogP contribution in [0.15, 0.2) is 94.7 Å². The number of nitro benzene ring substituents is 1. The highest BCUT2D eigenvalue weighted by molar-refractivity contribution is 8.18. The van der Waals surface area contributed by atoms with Crippen LogP contribution in [0, 0.1) is 10.1 Å². The highest BCUT2D eigenvalue weighted by Gasteiger charge is 2.13. The number of hydrogen-bond acceptors (Lipinski definition) is 5. The summed E-state index contributed by atoms with van der Waals surface area (Å²) >= 11 is 3.15. The number of anilines is 1. The first-order chi connectivity index (χ1) is 11.7. The number of rotatable bonds is 6. The van der Waals surface area contributed by atoms with E-state index in [-0.39, 0.29) is 10.6 Å². The lowest BCUT2D eigenvalue weighted by molar-refractivity contribution is -0.384. The van der Waals surface area contributed by atoms with Crippen molar-refractivity contribution in [2.45, 2.75) is 9.79 Å². The lowest BCUT2D eigenvalue weighted by atomic mass is 10.3. The predicted molar refractivity (Wildman–Crippen MR) is 100 cm³/mol. The van der Waals surface area contributed by atoms with E-state index in [1.54, 1.807) is 36.0 Å². The molecule has 4 nitrogen and oxygen atoms in total. The van der Waals surface area contributed by atoms with Crippen molar-refractivity contribution in [3.05, 3.63) is 95.0 Å². The normalized spacial score (nSPS) is 10.3. The summed E-state index contributed by atoms with van der Waals surface area (Å²) in [7, 11) is 0. The maximum Gasteiger partial charge on any atom is 0.269 e. The molecule has 3 aromatic rings. The Balaban J connectivity index is 1.87. The Morgan fingerprint density at radius 1 is 0.708 bits per heavy atom. The van der Waals surface area contributed by atoms with Crippen LogP contribution in [0.2, 0.25) is 0 Å². The van der Waals surface area contributed by atoms with E-state index in [0.717, 1.165) is 15.5 Å². The fourth-order valence-electron chi connectivity index (χ4n) is 1.97. The molecule has 0 bridgehead atoms. The largest absolute Gasteiger partial charge is 0.269 e.